The highest BCUT2D eigenvalue weighted by Gasteiger charge is 2.21. The molecule has 1 aromatic heterocycles. The number of benzene rings is 2. The van der Waals surface area contributed by atoms with Gasteiger partial charge in [0.15, 0.2) is 17.4 Å². The number of aromatic nitrogens is 1. The van der Waals surface area contributed by atoms with E-state index in [0.717, 1.165) is 21.6 Å². The Hall–Kier alpha value is -2.08. The van der Waals surface area contributed by atoms with Gasteiger partial charge in [0, 0.05) is 0 Å². The van der Waals surface area contributed by atoms with Gasteiger partial charge in [-0.05, 0) is 24.6 Å². The van der Waals surface area contributed by atoms with Gasteiger partial charge in [-0.2, -0.15) is 4.39 Å². The molecule has 1 N–H and O–H groups in total. The highest BCUT2D eigenvalue weighted by molar-refractivity contribution is 7.21. The molecule has 0 aliphatic carbocycles. The number of thiazole rings is 1. The number of halogens is 3. The van der Waals surface area contributed by atoms with Crippen LogP contribution in [0.1, 0.15) is 5.56 Å². The smallest absolute Gasteiger partial charge is 0.203 e. The van der Waals surface area contributed by atoms with E-state index in [9.17, 15) is 18.3 Å². The second-order valence-corrected chi connectivity index (χ2v) is 5.35. The third-order valence-corrected chi connectivity index (χ3v) is 4.04. The lowest BCUT2D eigenvalue weighted by atomic mass is 10.2. The summed E-state index contributed by atoms with van der Waals surface area (Å²) in [5, 5.41) is 9.44. The Balaban J connectivity index is 2.29. The Bertz CT molecular complexity index is 829. The molecule has 0 spiro atoms. The van der Waals surface area contributed by atoms with Crippen LogP contribution in [0.4, 0.5) is 13.2 Å². The van der Waals surface area contributed by atoms with Crippen LogP contribution in [0.3, 0.4) is 0 Å². The molecule has 3 aromatic rings. The number of rotatable bonds is 1. The van der Waals surface area contributed by atoms with Crippen molar-refractivity contribution in [1.82, 2.24) is 4.98 Å². The number of phenols is 1. The van der Waals surface area contributed by atoms with Gasteiger partial charge in [-0.3, -0.25) is 0 Å². The van der Waals surface area contributed by atoms with Gasteiger partial charge < -0.3 is 5.11 Å². The van der Waals surface area contributed by atoms with Gasteiger partial charge in [-0.25, -0.2) is 13.8 Å². The molecule has 3 rings (SSSR count). The number of aromatic hydroxyl groups is 1. The van der Waals surface area contributed by atoms with Crippen LogP contribution in [0, 0.1) is 24.4 Å². The van der Waals surface area contributed by atoms with Crippen molar-refractivity contribution in [3.8, 4) is 16.3 Å². The lowest BCUT2D eigenvalue weighted by Gasteiger charge is -2.03. The Morgan fingerprint density at radius 3 is 2.60 bits per heavy atom. The minimum Gasteiger partial charge on any atom is -0.503 e. The predicted octanol–water partition coefficient (Wildman–Crippen LogP) is 4.39. The van der Waals surface area contributed by atoms with Gasteiger partial charge in [0.2, 0.25) is 5.82 Å². The highest BCUT2D eigenvalue weighted by Crippen LogP contribution is 2.37. The normalized spacial score (nSPS) is 11.2. The summed E-state index contributed by atoms with van der Waals surface area (Å²) in [6.07, 6.45) is 0. The van der Waals surface area contributed by atoms with Gasteiger partial charge >= 0.3 is 0 Å². The molecule has 0 unspecified atom stereocenters. The van der Waals surface area contributed by atoms with Crippen LogP contribution in [-0.4, -0.2) is 10.1 Å². The van der Waals surface area contributed by atoms with E-state index < -0.39 is 23.2 Å². The number of para-hydroxylation sites is 1. The fraction of sp³-hybridized carbons (Fsp3) is 0.0714. The molecule has 0 amide bonds. The van der Waals surface area contributed by atoms with Crippen molar-refractivity contribution in [1.29, 1.82) is 0 Å². The van der Waals surface area contributed by atoms with Crippen molar-refractivity contribution in [2.75, 3.05) is 0 Å². The lowest BCUT2D eigenvalue weighted by Crippen LogP contribution is -1.93. The maximum absolute atomic E-state index is 13.9. The van der Waals surface area contributed by atoms with Crippen molar-refractivity contribution in [2.45, 2.75) is 6.92 Å². The molecule has 0 aliphatic rings. The molecule has 1 heterocycles. The minimum atomic E-state index is -1.59. The molecule has 0 saturated heterocycles. The van der Waals surface area contributed by atoms with Gasteiger partial charge in [-0.1, -0.05) is 12.1 Å². The fourth-order valence-electron chi connectivity index (χ4n) is 1.95. The topological polar surface area (TPSA) is 33.1 Å². The number of nitrogens with zero attached hydrogens (tertiary/aromatic N) is 1. The molecule has 0 fully saturated rings. The van der Waals surface area contributed by atoms with E-state index in [1.807, 2.05) is 19.1 Å². The Labute approximate surface area is 116 Å². The van der Waals surface area contributed by atoms with Gasteiger partial charge in [0.25, 0.3) is 0 Å². The Kier molecular flexibility index (Phi) is 2.90. The number of hydrogen-bond acceptors (Lipinski definition) is 3. The maximum Gasteiger partial charge on any atom is 0.203 e. The standard InChI is InChI=1S/C14H8F3NOS/c1-6-3-2-4-9-12(6)18-14(20-9)7-5-8(15)11(17)13(19)10(7)16/h2-5,19H,1H3. The van der Waals surface area contributed by atoms with Gasteiger partial charge in [-0.15, -0.1) is 11.3 Å². The van der Waals surface area contributed by atoms with Crippen LogP contribution in [0.15, 0.2) is 24.3 Å². The average Bonchev–Trinajstić information content (AvgIpc) is 2.86. The summed E-state index contributed by atoms with van der Waals surface area (Å²) < 4.78 is 41.1. The summed E-state index contributed by atoms with van der Waals surface area (Å²) in [5.41, 5.74) is 1.33. The first kappa shape index (κ1) is 12.9. The first-order valence-electron chi connectivity index (χ1n) is 5.72. The van der Waals surface area contributed by atoms with E-state index in [1.165, 1.54) is 0 Å². The largest absolute Gasteiger partial charge is 0.503 e. The molecule has 102 valence electrons. The van der Waals surface area contributed by atoms with Crippen LogP contribution < -0.4 is 0 Å². The Morgan fingerprint density at radius 2 is 1.90 bits per heavy atom. The highest BCUT2D eigenvalue weighted by atomic mass is 32.1. The second kappa shape index (κ2) is 4.49. The van der Waals surface area contributed by atoms with Gasteiger partial charge in [0.1, 0.15) is 5.01 Å². The quantitative estimate of drug-likeness (QED) is 0.675. The van der Waals surface area contributed by atoms with Crippen molar-refractivity contribution in [3.63, 3.8) is 0 Å². The van der Waals surface area contributed by atoms with E-state index in [-0.39, 0.29) is 10.6 Å². The van der Waals surface area contributed by atoms with Crippen molar-refractivity contribution in [2.24, 2.45) is 0 Å². The summed E-state index contributed by atoms with van der Waals surface area (Å²) in [5.74, 6) is -5.44. The molecule has 0 bridgehead atoms. The molecular weight excluding hydrogens is 287 g/mol. The molecule has 20 heavy (non-hydrogen) atoms. The SMILES string of the molecule is Cc1cccc2sc(-c3cc(F)c(F)c(O)c3F)nc12. The zero-order chi connectivity index (χ0) is 14.4. The molecule has 0 radical (unpaired) electrons. The van der Waals surface area contributed by atoms with E-state index in [1.54, 1.807) is 6.07 Å². The summed E-state index contributed by atoms with van der Waals surface area (Å²) in [7, 11) is 0. The molecule has 2 aromatic carbocycles. The number of fused-ring (bicyclic) bond motifs is 1. The third-order valence-electron chi connectivity index (χ3n) is 2.98. The van der Waals surface area contributed by atoms with Crippen LogP contribution in [0.5, 0.6) is 5.75 Å². The molecule has 2 nitrogen and oxygen atoms in total. The zero-order valence-electron chi connectivity index (χ0n) is 10.2. The maximum atomic E-state index is 13.9. The third kappa shape index (κ3) is 1.84. The zero-order valence-corrected chi connectivity index (χ0v) is 11.1. The summed E-state index contributed by atoms with van der Waals surface area (Å²) in [6, 6.07) is 6.20. The van der Waals surface area contributed by atoms with E-state index in [4.69, 9.17) is 0 Å². The molecule has 6 heteroatoms. The minimum absolute atomic E-state index is 0.195. The van der Waals surface area contributed by atoms with Crippen molar-refractivity contribution in [3.05, 3.63) is 47.3 Å². The summed E-state index contributed by atoms with van der Waals surface area (Å²) in [6.45, 7) is 1.85. The van der Waals surface area contributed by atoms with E-state index in [2.05, 4.69) is 4.98 Å². The molecule has 0 aliphatic heterocycles. The number of phenolic OH excluding ortho intramolecular Hbond substituents is 1. The summed E-state index contributed by atoms with van der Waals surface area (Å²) in [4.78, 5) is 4.23. The monoisotopic (exact) mass is 295 g/mol. The Morgan fingerprint density at radius 1 is 1.15 bits per heavy atom. The van der Waals surface area contributed by atoms with Gasteiger partial charge in [0.05, 0.1) is 15.8 Å². The second-order valence-electron chi connectivity index (χ2n) is 4.32. The van der Waals surface area contributed by atoms with Crippen LogP contribution in [0.2, 0.25) is 0 Å². The van der Waals surface area contributed by atoms with Crippen molar-refractivity contribution >= 4 is 21.6 Å². The summed E-state index contributed by atoms with van der Waals surface area (Å²) >= 11 is 1.15. The van der Waals surface area contributed by atoms with Crippen LogP contribution >= 0.6 is 11.3 Å². The van der Waals surface area contributed by atoms with Crippen LogP contribution in [-0.2, 0) is 0 Å². The average molecular weight is 295 g/mol. The predicted molar refractivity (Wildman–Crippen MR) is 71.3 cm³/mol. The molecule has 0 atom stereocenters. The fourth-order valence-corrected chi connectivity index (χ4v) is 3.00. The number of aryl methyl sites for hydroxylation is 1. The number of hydrogen-bond donors (Lipinski definition) is 1. The first-order chi connectivity index (χ1) is 9.49. The lowest BCUT2D eigenvalue weighted by molar-refractivity contribution is 0.377. The van der Waals surface area contributed by atoms with Crippen molar-refractivity contribution < 1.29 is 18.3 Å². The van der Waals surface area contributed by atoms with E-state index in [0.29, 0.717) is 11.6 Å². The van der Waals surface area contributed by atoms with E-state index >= 15 is 0 Å². The molecule has 0 saturated carbocycles. The van der Waals surface area contributed by atoms with Crippen LogP contribution in [0.25, 0.3) is 20.8 Å². The first-order valence-corrected chi connectivity index (χ1v) is 6.53. The molecular formula is C14H8F3NOS.